The Morgan fingerprint density at radius 2 is 1.89 bits per heavy atom. The Balaban J connectivity index is 3.28. The molecular formula is C12H12F3NO3. The maximum absolute atomic E-state index is 12.6. The van der Waals surface area contributed by atoms with E-state index in [-0.39, 0.29) is 12.1 Å². The summed E-state index contributed by atoms with van der Waals surface area (Å²) in [6.45, 7) is 2.45. The van der Waals surface area contributed by atoms with E-state index in [0.29, 0.717) is 0 Å². The zero-order valence-corrected chi connectivity index (χ0v) is 10.2. The van der Waals surface area contributed by atoms with Crippen molar-refractivity contribution in [2.75, 3.05) is 4.90 Å². The van der Waals surface area contributed by atoms with Crippen LogP contribution in [0.15, 0.2) is 24.3 Å². The molecular weight excluding hydrogens is 263 g/mol. The van der Waals surface area contributed by atoms with Crippen LogP contribution in [0.25, 0.3) is 0 Å². The normalized spacial score (nSPS) is 12.1. The standard InChI is InChI=1S/C12H12F3NO3/c1-11(2,10(18)19)16(7-17)9-5-3-4-8(6-9)12(13,14)15/h3-7H,1-2H3,(H,18,19). The van der Waals surface area contributed by atoms with E-state index < -0.39 is 23.2 Å². The van der Waals surface area contributed by atoms with E-state index in [2.05, 4.69) is 0 Å². The summed E-state index contributed by atoms with van der Waals surface area (Å²) in [7, 11) is 0. The van der Waals surface area contributed by atoms with Gasteiger partial charge in [-0.05, 0) is 32.0 Å². The summed E-state index contributed by atoms with van der Waals surface area (Å²) in [6.07, 6.45) is -4.36. The van der Waals surface area contributed by atoms with Gasteiger partial charge in [0.15, 0.2) is 0 Å². The molecule has 0 radical (unpaired) electrons. The SMILES string of the molecule is CC(C)(C(=O)O)N(C=O)c1cccc(C(F)(F)F)c1. The highest BCUT2D eigenvalue weighted by Gasteiger charge is 2.36. The van der Waals surface area contributed by atoms with Gasteiger partial charge in [-0.15, -0.1) is 0 Å². The number of aliphatic carboxylic acids is 1. The van der Waals surface area contributed by atoms with Crippen LogP contribution in [0.3, 0.4) is 0 Å². The van der Waals surface area contributed by atoms with Gasteiger partial charge in [0.2, 0.25) is 6.41 Å². The zero-order chi connectivity index (χ0) is 14.8. The van der Waals surface area contributed by atoms with Crippen LogP contribution in [0.4, 0.5) is 18.9 Å². The molecule has 0 saturated carbocycles. The minimum Gasteiger partial charge on any atom is -0.480 e. The molecule has 1 rings (SSSR count). The van der Waals surface area contributed by atoms with Crippen LogP contribution < -0.4 is 4.90 Å². The van der Waals surface area contributed by atoms with Gasteiger partial charge in [0, 0.05) is 5.69 Å². The van der Waals surface area contributed by atoms with E-state index in [4.69, 9.17) is 5.11 Å². The van der Waals surface area contributed by atoms with Gasteiger partial charge in [0.05, 0.1) is 5.56 Å². The van der Waals surface area contributed by atoms with Crippen LogP contribution in [0.1, 0.15) is 19.4 Å². The highest BCUT2D eigenvalue weighted by molar-refractivity contribution is 5.91. The highest BCUT2D eigenvalue weighted by Crippen LogP contribution is 2.33. The second-order valence-corrected chi connectivity index (χ2v) is 4.39. The van der Waals surface area contributed by atoms with Crippen LogP contribution in [-0.4, -0.2) is 23.0 Å². The number of rotatable bonds is 4. The third-order valence-electron chi connectivity index (χ3n) is 2.68. The van der Waals surface area contributed by atoms with Crippen molar-refractivity contribution >= 4 is 18.1 Å². The molecule has 0 aliphatic rings. The van der Waals surface area contributed by atoms with Crippen molar-refractivity contribution in [2.45, 2.75) is 25.6 Å². The topological polar surface area (TPSA) is 57.6 Å². The number of anilines is 1. The van der Waals surface area contributed by atoms with Crippen LogP contribution in [0, 0.1) is 0 Å². The fourth-order valence-corrected chi connectivity index (χ4v) is 1.45. The molecule has 7 heteroatoms. The van der Waals surface area contributed by atoms with Crippen molar-refractivity contribution in [3.8, 4) is 0 Å². The van der Waals surface area contributed by atoms with Gasteiger partial charge in [-0.3, -0.25) is 9.69 Å². The van der Waals surface area contributed by atoms with Gasteiger partial charge < -0.3 is 5.11 Å². The number of amides is 1. The lowest BCUT2D eigenvalue weighted by molar-refractivity contribution is -0.143. The molecule has 0 aromatic heterocycles. The van der Waals surface area contributed by atoms with Crippen molar-refractivity contribution in [2.24, 2.45) is 0 Å². The summed E-state index contributed by atoms with van der Waals surface area (Å²) in [5.74, 6) is -1.32. The fraction of sp³-hybridized carbons (Fsp3) is 0.333. The molecule has 19 heavy (non-hydrogen) atoms. The minimum absolute atomic E-state index is 0.128. The molecule has 1 aromatic carbocycles. The third kappa shape index (κ3) is 3.04. The van der Waals surface area contributed by atoms with E-state index in [9.17, 15) is 22.8 Å². The van der Waals surface area contributed by atoms with Crippen molar-refractivity contribution in [3.05, 3.63) is 29.8 Å². The molecule has 0 bridgehead atoms. The van der Waals surface area contributed by atoms with E-state index in [1.807, 2.05) is 0 Å². The lowest BCUT2D eigenvalue weighted by Gasteiger charge is -2.32. The molecule has 1 amide bonds. The van der Waals surface area contributed by atoms with Gasteiger partial charge in [0.25, 0.3) is 0 Å². The molecule has 0 aliphatic heterocycles. The second kappa shape index (κ2) is 4.91. The maximum Gasteiger partial charge on any atom is 0.416 e. The van der Waals surface area contributed by atoms with E-state index in [0.717, 1.165) is 23.1 Å². The molecule has 104 valence electrons. The number of carbonyl (C=O) groups is 2. The molecule has 0 fully saturated rings. The number of hydrogen-bond acceptors (Lipinski definition) is 2. The molecule has 0 saturated heterocycles. The van der Waals surface area contributed by atoms with Crippen molar-refractivity contribution in [3.63, 3.8) is 0 Å². The first-order valence-corrected chi connectivity index (χ1v) is 5.26. The summed E-state index contributed by atoms with van der Waals surface area (Å²) in [5.41, 5.74) is -2.72. The Hall–Kier alpha value is -2.05. The molecule has 1 N–H and O–H groups in total. The van der Waals surface area contributed by atoms with Gasteiger partial charge in [-0.1, -0.05) is 6.07 Å². The number of hydrogen-bond donors (Lipinski definition) is 1. The number of carbonyl (C=O) groups excluding carboxylic acids is 1. The fourth-order valence-electron chi connectivity index (χ4n) is 1.45. The lowest BCUT2D eigenvalue weighted by atomic mass is 10.0. The first-order valence-electron chi connectivity index (χ1n) is 5.26. The van der Waals surface area contributed by atoms with Crippen molar-refractivity contribution in [1.29, 1.82) is 0 Å². The number of carboxylic acids is 1. The van der Waals surface area contributed by atoms with Crippen LogP contribution in [-0.2, 0) is 15.8 Å². The summed E-state index contributed by atoms with van der Waals surface area (Å²) in [4.78, 5) is 22.8. The number of benzene rings is 1. The van der Waals surface area contributed by atoms with Gasteiger partial charge in [-0.2, -0.15) is 13.2 Å². The highest BCUT2D eigenvalue weighted by atomic mass is 19.4. The minimum atomic E-state index is -4.56. The molecule has 0 atom stereocenters. The van der Waals surface area contributed by atoms with Gasteiger partial charge >= 0.3 is 12.1 Å². The number of halogens is 3. The summed E-state index contributed by atoms with van der Waals surface area (Å²) in [5, 5.41) is 9.01. The van der Waals surface area contributed by atoms with Crippen molar-refractivity contribution < 1.29 is 27.9 Å². The van der Waals surface area contributed by atoms with E-state index >= 15 is 0 Å². The Bertz CT molecular complexity index is 497. The predicted molar refractivity (Wildman–Crippen MR) is 61.7 cm³/mol. The Morgan fingerprint density at radius 3 is 2.32 bits per heavy atom. The third-order valence-corrected chi connectivity index (χ3v) is 2.68. The van der Waals surface area contributed by atoms with Crippen LogP contribution in [0.5, 0.6) is 0 Å². The second-order valence-electron chi connectivity index (χ2n) is 4.39. The quantitative estimate of drug-likeness (QED) is 0.859. The smallest absolute Gasteiger partial charge is 0.416 e. The van der Waals surface area contributed by atoms with E-state index in [1.165, 1.54) is 19.9 Å². The number of alkyl halides is 3. The molecule has 0 unspecified atom stereocenters. The molecule has 1 aromatic rings. The number of nitrogens with zero attached hydrogens (tertiary/aromatic N) is 1. The summed E-state index contributed by atoms with van der Waals surface area (Å²) < 4.78 is 37.7. The Kier molecular flexibility index (Phi) is 3.88. The van der Waals surface area contributed by atoms with Gasteiger partial charge in [-0.25, -0.2) is 4.79 Å². The van der Waals surface area contributed by atoms with E-state index in [1.54, 1.807) is 0 Å². The molecule has 0 heterocycles. The van der Waals surface area contributed by atoms with Crippen molar-refractivity contribution in [1.82, 2.24) is 0 Å². The largest absolute Gasteiger partial charge is 0.480 e. The average molecular weight is 275 g/mol. The monoisotopic (exact) mass is 275 g/mol. The Labute approximate surface area is 107 Å². The molecule has 0 spiro atoms. The van der Waals surface area contributed by atoms with Crippen LogP contribution >= 0.6 is 0 Å². The zero-order valence-electron chi connectivity index (χ0n) is 10.2. The van der Waals surface area contributed by atoms with Gasteiger partial charge in [0.1, 0.15) is 5.54 Å². The molecule has 4 nitrogen and oxygen atoms in total. The Morgan fingerprint density at radius 1 is 1.32 bits per heavy atom. The molecule has 0 aliphatic carbocycles. The predicted octanol–water partition coefficient (Wildman–Crippen LogP) is 2.53. The summed E-state index contributed by atoms with van der Waals surface area (Å²) in [6, 6.07) is 3.94. The summed E-state index contributed by atoms with van der Waals surface area (Å²) >= 11 is 0. The lowest BCUT2D eigenvalue weighted by Crippen LogP contribution is -2.49. The van der Waals surface area contributed by atoms with Crippen LogP contribution in [0.2, 0.25) is 0 Å². The first-order chi connectivity index (χ1) is 8.60. The first kappa shape index (κ1) is 15.0. The maximum atomic E-state index is 12.6. The number of carboxylic acid groups (broad SMARTS) is 1. The average Bonchev–Trinajstić information content (AvgIpc) is 2.28.